The van der Waals surface area contributed by atoms with Crippen LogP contribution in [0.5, 0.6) is 0 Å². The molecule has 78 valence electrons. The average molecular weight is 201 g/mol. The van der Waals surface area contributed by atoms with Crippen molar-refractivity contribution in [3.05, 3.63) is 42.2 Å². The highest BCUT2D eigenvalue weighted by Gasteiger charge is 2.05. The molecule has 1 heterocycles. The Kier molecular flexibility index (Phi) is 2.97. The quantitative estimate of drug-likeness (QED) is 0.827. The zero-order valence-electron chi connectivity index (χ0n) is 8.85. The van der Waals surface area contributed by atoms with Crippen LogP contribution < -0.4 is 0 Å². The fourth-order valence-corrected chi connectivity index (χ4v) is 1.79. The number of hydrogen-bond acceptors (Lipinski definition) is 2. The maximum Gasteiger partial charge on any atom is 0.0459 e. The van der Waals surface area contributed by atoms with Crippen LogP contribution in [-0.2, 0) is 6.42 Å². The molecule has 2 aromatic rings. The molecule has 15 heavy (non-hydrogen) atoms. The van der Waals surface area contributed by atoms with Gasteiger partial charge in [0.25, 0.3) is 0 Å². The van der Waals surface area contributed by atoms with Crippen molar-refractivity contribution in [2.75, 3.05) is 6.61 Å². The van der Waals surface area contributed by atoms with Crippen LogP contribution in [0.4, 0.5) is 0 Å². The molecule has 1 N–H and O–H groups in total. The van der Waals surface area contributed by atoms with Gasteiger partial charge in [-0.2, -0.15) is 0 Å². The minimum absolute atomic E-state index is 0.233. The van der Waals surface area contributed by atoms with Gasteiger partial charge in [-0.25, -0.2) is 0 Å². The molecule has 0 aliphatic rings. The highest BCUT2D eigenvalue weighted by atomic mass is 16.3. The van der Waals surface area contributed by atoms with E-state index in [-0.39, 0.29) is 6.61 Å². The van der Waals surface area contributed by atoms with Crippen LogP contribution in [0.3, 0.4) is 0 Å². The topological polar surface area (TPSA) is 33.1 Å². The van der Waals surface area contributed by atoms with E-state index in [0.29, 0.717) is 5.92 Å². The smallest absolute Gasteiger partial charge is 0.0459 e. The largest absolute Gasteiger partial charge is 0.396 e. The Balaban J connectivity index is 2.42. The number of aromatic nitrogens is 1. The van der Waals surface area contributed by atoms with Crippen molar-refractivity contribution in [1.29, 1.82) is 0 Å². The molecule has 0 fully saturated rings. The van der Waals surface area contributed by atoms with Gasteiger partial charge in [-0.1, -0.05) is 25.1 Å². The molecule has 0 aliphatic carbocycles. The zero-order chi connectivity index (χ0) is 10.7. The van der Waals surface area contributed by atoms with Gasteiger partial charge in [0.1, 0.15) is 0 Å². The summed E-state index contributed by atoms with van der Waals surface area (Å²) >= 11 is 0. The molecule has 0 saturated heterocycles. The Morgan fingerprint density at radius 3 is 3.00 bits per heavy atom. The number of benzene rings is 1. The lowest BCUT2D eigenvalue weighted by molar-refractivity contribution is 0.237. The number of pyridine rings is 1. The van der Waals surface area contributed by atoms with Crippen molar-refractivity contribution in [2.45, 2.75) is 13.3 Å². The fraction of sp³-hybridized carbons (Fsp3) is 0.308. The predicted molar refractivity (Wildman–Crippen MR) is 61.7 cm³/mol. The molecule has 1 aromatic heterocycles. The highest BCUT2D eigenvalue weighted by molar-refractivity contribution is 5.84. The van der Waals surface area contributed by atoms with Crippen LogP contribution in [0.15, 0.2) is 36.7 Å². The molecule has 0 bridgehead atoms. The van der Waals surface area contributed by atoms with Crippen molar-refractivity contribution in [1.82, 2.24) is 4.98 Å². The number of fused-ring (bicyclic) bond motifs is 1. The van der Waals surface area contributed by atoms with E-state index in [4.69, 9.17) is 5.11 Å². The van der Waals surface area contributed by atoms with Gasteiger partial charge in [0.05, 0.1) is 0 Å². The minimum Gasteiger partial charge on any atom is -0.396 e. The number of nitrogens with zero attached hydrogens (tertiary/aromatic N) is 1. The number of rotatable bonds is 3. The lowest BCUT2D eigenvalue weighted by atomic mass is 9.97. The Labute approximate surface area is 89.6 Å². The van der Waals surface area contributed by atoms with Gasteiger partial charge in [0, 0.05) is 24.4 Å². The SMILES string of the molecule is CC(CO)Cc1cccc2ccncc12. The van der Waals surface area contributed by atoms with Crippen LogP contribution >= 0.6 is 0 Å². The molecule has 0 spiro atoms. The molecule has 2 heteroatoms. The first-order chi connectivity index (χ1) is 7.31. The molecule has 0 saturated carbocycles. The van der Waals surface area contributed by atoms with Gasteiger partial charge in [-0.15, -0.1) is 0 Å². The molecule has 2 rings (SSSR count). The lowest BCUT2D eigenvalue weighted by Gasteiger charge is -2.10. The first-order valence-corrected chi connectivity index (χ1v) is 5.23. The Morgan fingerprint density at radius 1 is 1.33 bits per heavy atom. The molecule has 2 nitrogen and oxygen atoms in total. The van der Waals surface area contributed by atoms with Crippen LogP contribution in [0.1, 0.15) is 12.5 Å². The van der Waals surface area contributed by atoms with E-state index < -0.39 is 0 Å². The predicted octanol–water partition coefficient (Wildman–Crippen LogP) is 2.41. The van der Waals surface area contributed by atoms with Gasteiger partial charge in [0.2, 0.25) is 0 Å². The summed E-state index contributed by atoms with van der Waals surface area (Å²) in [5.74, 6) is 0.302. The maximum absolute atomic E-state index is 9.05. The second kappa shape index (κ2) is 4.41. The maximum atomic E-state index is 9.05. The van der Waals surface area contributed by atoms with Crippen molar-refractivity contribution in [3.63, 3.8) is 0 Å². The number of aliphatic hydroxyl groups is 1. The summed E-state index contributed by atoms with van der Waals surface area (Å²) in [7, 11) is 0. The second-order valence-corrected chi connectivity index (χ2v) is 4.01. The molecule has 0 radical (unpaired) electrons. The van der Waals surface area contributed by atoms with Crippen LogP contribution in [0, 0.1) is 5.92 Å². The summed E-state index contributed by atoms with van der Waals surface area (Å²) in [5, 5.41) is 11.5. The zero-order valence-corrected chi connectivity index (χ0v) is 8.85. The third-order valence-corrected chi connectivity index (χ3v) is 2.65. The standard InChI is InChI=1S/C13H15NO/c1-10(9-15)7-12-4-2-3-11-5-6-14-8-13(11)12/h2-6,8,10,15H,7,9H2,1H3. The molecule has 1 atom stereocenters. The third kappa shape index (κ3) is 2.16. The van der Waals surface area contributed by atoms with Gasteiger partial charge in [-0.05, 0) is 29.4 Å². The Morgan fingerprint density at radius 2 is 2.20 bits per heavy atom. The van der Waals surface area contributed by atoms with Crippen molar-refractivity contribution >= 4 is 10.8 Å². The summed E-state index contributed by atoms with van der Waals surface area (Å²) < 4.78 is 0. The normalized spacial score (nSPS) is 12.9. The third-order valence-electron chi connectivity index (χ3n) is 2.65. The average Bonchev–Trinajstić information content (AvgIpc) is 2.29. The molecular formula is C13H15NO. The highest BCUT2D eigenvalue weighted by Crippen LogP contribution is 2.19. The summed E-state index contributed by atoms with van der Waals surface area (Å²) in [6.07, 6.45) is 4.61. The number of aliphatic hydroxyl groups excluding tert-OH is 1. The van der Waals surface area contributed by atoms with Gasteiger partial charge in [-0.3, -0.25) is 4.98 Å². The lowest BCUT2D eigenvalue weighted by Crippen LogP contribution is -2.04. The van der Waals surface area contributed by atoms with Crippen molar-refractivity contribution < 1.29 is 5.11 Å². The van der Waals surface area contributed by atoms with E-state index in [1.54, 1.807) is 0 Å². The molecule has 1 unspecified atom stereocenters. The monoisotopic (exact) mass is 201 g/mol. The molecule has 1 aromatic carbocycles. The van der Waals surface area contributed by atoms with E-state index >= 15 is 0 Å². The first-order valence-electron chi connectivity index (χ1n) is 5.23. The van der Waals surface area contributed by atoms with E-state index in [1.165, 1.54) is 16.3 Å². The Bertz CT molecular complexity index is 448. The minimum atomic E-state index is 0.233. The van der Waals surface area contributed by atoms with Crippen molar-refractivity contribution in [3.8, 4) is 0 Å². The summed E-state index contributed by atoms with van der Waals surface area (Å²) in [6.45, 7) is 2.28. The molecule has 0 aliphatic heterocycles. The van der Waals surface area contributed by atoms with Crippen molar-refractivity contribution in [2.24, 2.45) is 5.92 Å². The fourth-order valence-electron chi connectivity index (χ4n) is 1.79. The molecule has 0 amide bonds. The number of hydrogen-bond donors (Lipinski definition) is 1. The van der Waals surface area contributed by atoms with E-state index in [0.717, 1.165) is 6.42 Å². The van der Waals surface area contributed by atoms with Crippen LogP contribution in [0.25, 0.3) is 10.8 Å². The van der Waals surface area contributed by atoms with E-state index in [2.05, 4.69) is 30.1 Å². The van der Waals surface area contributed by atoms with E-state index in [1.807, 2.05) is 18.5 Å². The van der Waals surface area contributed by atoms with E-state index in [9.17, 15) is 0 Å². The van der Waals surface area contributed by atoms with Gasteiger partial charge in [0.15, 0.2) is 0 Å². The molecular weight excluding hydrogens is 186 g/mol. The summed E-state index contributed by atoms with van der Waals surface area (Å²) in [5.41, 5.74) is 1.27. The van der Waals surface area contributed by atoms with Gasteiger partial charge >= 0.3 is 0 Å². The summed E-state index contributed by atoms with van der Waals surface area (Å²) in [4.78, 5) is 4.14. The first kappa shape index (κ1) is 10.1. The van der Waals surface area contributed by atoms with Crippen LogP contribution in [-0.4, -0.2) is 16.7 Å². The second-order valence-electron chi connectivity index (χ2n) is 4.01. The van der Waals surface area contributed by atoms with Gasteiger partial charge < -0.3 is 5.11 Å². The summed E-state index contributed by atoms with van der Waals surface area (Å²) in [6, 6.07) is 8.27. The Hall–Kier alpha value is -1.41. The van der Waals surface area contributed by atoms with Crippen LogP contribution in [0.2, 0.25) is 0 Å².